The zero-order chi connectivity index (χ0) is 34.1. The van der Waals surface area contributed by atoms with Gasteiger partial charge < -0.3 is 0 Å². The summed E-state index contributed by atoms with van der Waals surface area (Å²) in [6.45, 7) is -0.163. The van der Waals surface area contributed by atoms with Crippen LogP contribution in [-0.2, 0) is 0 Å². The predicted octanol–water partition coefficient (Wildman–Crippen LogP) is 9.50. The van der Waals surface area contributed by atoms with Crippen molar-refractivity contribution in [3.8, 4) is 0 Å². The lowest BCUT2D eigenvalue weighted by Gasteiger charge is -2.41. The van der Waals surface area contributed by atoms with Crippen LogP contribution in [0.5, 0.6) is 0 Å². The van der Waals surface area contributed by atoms with Crippen molar-refractivity contribution in [3.63, 3.8) is 0 Å². The Balaban J connectivity index is 6.90. The molecule has 0 aliphatic heterocycles. The van der Waals surface area contributed by atoms with Crippen molar-refractivity contribution in [2.24, 2.45) is 0 Å². The number of hydrogen-bond acceptors (Lipinski definition) is 0. The summed E-state index contributed by atoms with van der Waals surface area (Å²) in [5.41, 5.74) is 0. The number of halogens is 25. The average molecular weight is 674 g/mol. The maximum Gasteiger partial charge on any atom is 0.460 e. The van der Waals surface area contributed by atoms with E-state index in [1.807, 2.05) is 0 Å². The first-order chi connectivity index (χ1) is 17.3. The van der Waals surface area contributed by atoms with Crippen LogP contribution in [0.3, 0.4) is 0 Å². The summed E-state index contributed by atoms with van der Waals surface area (Å²) >= 11 is 0. The Morgan fingerprint density at radius 1 is 0.317 bits per heavy atom. The molecule has 0 radical (unpaired) electrons. The van der Waals surface area contributed by atoms with Crippen LogP contribution in [-0.4, -0.2) is 71.3 Å². The van der Waals surface area contributed by atoms with E-state index in [1.165, 1.54) is 0 Å². The monoisotopic (exact) mass is 674 g/mol. The van der Waals surface area contributed by atoms with E-state index >= 15 is 0 Å². The van der Waals surface area contributed by atoms with Crippen molar-refractivity contribution in [2.45, 2.75) is 84.7 Å². The molecule has 0 spiro atoms. The number of rotatable bonds is 12. The van der Waals surface area contributed by atoms with Crippen molar-refractivity contribution in [2.75, 3.05) is 0 Å². The molecule has 0 aromatic rings. The van der Waals surface area contributed by atoms with Crippen LogP contribution in [0.25, 0.3) is 0 Å². The first-order valence-electron chi connectivity index (χ1n) is 9.20. The molecule has 25 heteroatoms. The maximum atomic E-state index is 13.5. The van der Waals surface area contributed by atoms with Crippen LogP contribution in [0.4, 0.5) is 110 Å². The molecule has 0 rings (SSSR count). The lowest BCUT2D eigenvalue weighted by atomic mass is 9.89. The number of allylic oxidation sites excluding steroid dienone is 2. The standard InChI is InChI=1S/C16H7F25/c1-2-5(17,18)8(23,24)11(29,30)12(31,32)9(25,26)6(19,20)3-4-7(21,22)10(27,28)13(33,34)14(35,36)15(37,38)16(39,40)41/h3-4H,2H2,1H3. The van der Waals surface area contributed by atoms with E-state index in [9.17, 15) is 110 Å². The van der Waals surface area contributed by atoms with Gasteiger partial charge in [-0.05, 0) is 12.2 Å². The summed E-state index contributed by atoms with van der Waals surface area (Å²) in [7, 11) is 0. The van der Waals surface area contributed by atoms with E-state index in [2.05, 4.69) is 0 Å². The van der Waals surface area contributed by atoms with Gasteiger partial charge in [-0.15, -0.1) is 0 Å². The van der Waals surface area contributed by atoms with Crippen molar-refractivity contribution in [1.82, 2.24) is 0 Å². The van der Waals surface area contributed by atoms with Crippen LogP contribution in [0.1, 0.15) is 13.3 Å². The van der Waals surface area contributed by atoms with Crippen LogP contribution < -0.4 is 0 Å². The van der Waals surface area contributed by atoms with E-state index < -0.39 is 89.9 Å². The smallest absolute Gasteiger partial charge is 0.200 e. The second-order valence-corrected chi connectivity index (χ2v) is 7.73. The van der Waals surface area contributed by atoms with Crippen molar-refractivity contribution >= 4 is 0 Å². The molecule has 0 N–H and O–H groups in total. The largest absolute Gasteiger partial charge is 0.460 e. The lowest BCUT2D eigenvalue weighted by Crippen LogP contribution is -2.70. The van der Waals surface area contributed by atoms with E-state index in [1.54, 1.807) is 0 Å². The topological polar surface area (TPSA) is 0 Å². The Labute approximate surface area is 208 Å². The SMILES string of the molecule is CCC(F)(F)C(F)(F)C(F)(F)C(F)(F)C(F)(F)C(F)(F)C=CC(F)(F)C(F)(F)C(F)(F)C(F)(F)C(F)(F)C(F)(F)F. The highest BCUT2D eigenvalue weighted by atomic mass is 19.4. The Kier molecular flexibility index (Phi) is 9.28. The molecular weight excluding hydrogens is 667 g/mol. The van der Waals surface area contributed by atoms with E-state index in [4.69, 9.17) is 0 Å². The molecule has 0 atom stereocenters. The molecule has 0 saturated carbocycles. The molecule has 0 fully saturated rings. The normalized spacial score (nSPS) is 17.0. The Bertz CT molecular complexity index is 963. The summed E-state index contributed by atoms with van der Waals surface area (Å²) < 4.78 is 328. The molecule has 0 amide bonds. The number of hydrogen-bond donors (Lipinski definition) is 0. The summed E-state index contributed by atoms with van der Waals surface area (Å²) in [6, 6.07) is 0. The molecule has 0 bridgehead atoms. The molecule has 41 heavy (non-hydrogen) atoms. The van der Waals surface area contributed by atoms with Gasteiger partial charge >= 0.3 is 71.3 Å². The molecular formula is C16H7F25. The average Bonchev–Trinajstić information content (AvgIpc) is 2.75. The van der Waals surface area contributed by atoms with Crippen molar-refractivity contribution < 1.29 is 110 Å². The molecule has 0 unspecified atom stereocenters. The molecule has 0 heterocycles. The van der Waals surface area contributed by atoms with Gasteiger partial charge in [-0.2, -0.15) is 110 Å². The highest BCUT2D eigenvalue weighted by molar-refractivity contribution is 5.20. The van der Waals surface area contributed by atoms with Gasteiger partial charge in [-0.3, -0.25) is 0 Å². The molecule has 0 aliphatic rings. The fraction of sp³-hybridized carbons (Fsp3) is 0.875. The summed E-state index contributed by atoms with van der Waals surface area (Å²) in [5, 5.41) is 0. The first kappa shape index (κ1) is 39.0. The minimum Gasteiger partial charge on any atom is -0.200 e. The van der Waals surface area contributed by atoms with Gasteiger partial charge in [0.25, 0.3) is 0 Å². The van der Waals surface area contributed by atoms with Crippen LogP contribution >= 0.6 is 0 Å². The van der Waals surface area contributed by atoms with Crippen LogP contribution in [0, 0.1) is 0 Å². The van der Waals surface area contributed by atoms with Gasteiger partial charge in [0.1, 0.15) is 0 Å². The molecule has 0 aliphatic carbocycles. The predicted molar refractivity (Wildman–Crippen MR) is 79.9 cm³/mol. The summed E-state index contributed by atoms with van der Waals surface area (Å²) in [4.78, 5) is 0. The fourth-order valence-electron chi connectivity index (χ4n) is 2.26. The second kappa shape index (κ2) is 9.76. The Hall–Kier alpha value is -2.01. The highest BCUT2D eigenvalue weighted by Crippen LogP contribution is 2.62. The minimum atomic E-state index is -8.70. The Morgan fingerprint density at radius 2 is 0.537 bits per heavy atom. The third-order valence-corrected chi connectivity index (χ3v) is 4.96. The van der Waals surface area contributed by atoms with Crippen molar-refractivity contribution in [3.05, 3.63) is 12.2 Å². The first-order valence-corrected chi connectivity index (χ1v) is 9.20. The van der Waals surface area contributed by atoms with Crippen LogP contribution in [0.2, 0.25) is 0 Å². The molecule has 0 nitrogen and oxygen atoms in total. The van der Waals surface area contributed by atoms with Gasteiger partial charge in [0, 0.05) is 6.42 Å². The zero-order valence-corrected chi connectivity index (χ0v) is 18.3. The maximum absolute atomic E-state index is 13.5. The zero-order valence-electron chi connectivity index (χ0n) is 18.3. The van der Waals surface area contributed by atoms with Gasteiger partial charge in [0.05, 0.1) is 0 Å². The number of alkyl halides is 25. The van der Waals surface area contributed by atoms with Gasteiger partial charge in [-0.25, -0.2) is 0 Å². The van der Waals surface area contributed by atoms with E-state index in [0.29, 0.717) is 0 Å². The van der Waals surface area contributed by atoms with Crippen LogP contribution in [0.15, 0.2) is 12.2 Å². The summed E-state index contributed by atoms with van der Waals surface area (Å²) in [5.74, 6) is -88.9. The Morgan fingerprint density at radius 3 is 0.756 bits per heavy atom. The minimum absolute atomic E-state index is 0.163. The molecule has 0 aromatic heterocycles. The van der Waals surface area contributed by atoms with E-state index in [-0.39, 0.29) is 6.92 Å². The fourth-order valence-corrected chi connectivity index (χ4v) is 2.26. The van der Waals surface area contributed by atoms with Gasteiger partial charge in [0.2, 0.25) is 0 Å². The van der Waals surface area contributed by atoms with Gasteiger partial charge in [-0.1, -0.05) is 6.92 Å². The second-order valence-electron chi connectivity index (χ2n) is 7.73. The van der Waals surface area contributed by atoms with Crippen molar-refractivity contribution in [1.29, 1.82) is 0 Å². The summed E-state index contributed by atoms with van der Waals surface area (Å²) in [6.07, 6.45) is -16.4. The quantitative estimate of drug-likeness (QED) is 0.143. The molecule has 0 aromatic carbocycles. The van der Waals surface area contributed by atoms with E-state index in [0.717, 1.165) is 0 Å². The third-order valence-electron chi connectivity index (χ3n) is 4.96. The third kappa shape index (κ3) is 5.12. The molecule has 0 saturated heterocycles. The van der Waals surface area contributed by atoms with Gasteiger partial charge in [0.15, 0.2) is 0 Å². The molecule has 246 valence electrons. The highest BCUT2D eigenvalue weighted by Gasteiger charge is 2.91. The lowest BCUT2D eigenvalue weighted by molar-refractivity contribution is -0.436.